The molecule has 1 amide bonds. The summed E-state index contributed by atoms with van der Waals surface area (Å²) in [6.07, 6.45) is 4.42. The third kappa shape index (κ3) is 4.38. The highest BCUT2D eigenvalue weighted by Crippen LogP contribution is 2.35. The summed E-state index contributed by atoms with van der Waals surface area (Å²) in [6, 6.07) is 5.76. The van der Waals surface area contributed by atoms with E-state index in [1.54, 1.807) is 0 Å². The molecular weight excluding hydrogens is 394 g/mol. The van der Waals surface area contributed by atoms with Gasteiger partial charge in [-0.25, -0.2) is 8.42 Å². The molecule has 0 unspecified atom stereocenters. The van der Waals surface area contributed by atoms with Crippen LogP contribution in [-0.4, -0.2) is 48.3 Å². The first-order valence-electron chi connectivity index (χ1n) is 9.92. The molecule has 6 nitrogen and oxygen atoms in total. The summed E-state index contributed by atoms with van der Waals surface area (Å²) < 4.78 is 23.4. The molecule has 1 saturated heterocycles. The van der Waals surface area contributed by atoms with Crippen LogP contribution < -0.4 is 10.6 Å². The number of thioether (sulfide) groups is 1. The molecule has 1 aromatic rings. The normalized spacial score (nSPS) is 31.1. The van der Waals surface area contributed by atoms with Crippen LogP contribution in [0.15, 0.2) is 23.2 Å². The van der Waals surface area contributed by atoms with Gasteiger partial charge in [-0.1, -0.05) is 24.8 Å². The molecular formula is C20H27N3O3S2. The zero-order valence-electron chi connectivity index (χ0n) is 16.3. The molecule has 2 atom stereocenters. The smallest absolute Gasteiger partial charge is 0.251 e. The molecule has 2 fully saturated rings. The van der Waals surface area contributed by atoms with Gasteiger partial charge in [-0.2, -0.15) is 0 Å². The number of benzene rings is 1. The standard InChI is InChI=1S/C20H27N3O3S2/c1-12-3-7-15(8-4-12)21-19(24)14-6-5-13(2)16(9-14)22-20-23-17-10-28(25,26)11-18(17)27-20/h5-6,9,12,15,17-18H,3-4,7-8,10-11H2,1-2H3,(H,21,24)(H,22,23)/t12?,15?,17-,18-/m1/s1. The highest BCUT2D eigenvalue weighted by molar-refractivity contribution is 8.15. The van der Waals surface area contributed by atoms with E-state index >= 15 is 0 Å². The van der Waals surface area contributed by atoms with Gasteiger partial charge in [0, 0.05) is 22.5 Å². The highest BCUT2D eigenvalue weighted by Gasteiger charge is 2.42. The van der Waals surface area contributed by atoms with Crippen LogP contribution in [0.25, 0.3) is 0 Å². The van der Waals surface area contributed by atoms with Gasteiger partial charge in [0.2, 0.25) is 0 Å². The van der Waals surface area contributed by atoms with Gasteiger partial charge in [0.15, 0.2) is 15.0 Å². The van der Waals surface area contributed by atoms with Crippen molar-refractivity contribution in [2.75, 3.05) is 16.8 Å². The largest absolute Gasteiger partial charge is 0.349 e. The fourth-order valence-corrected chi connectivity index (χ4v) is 7.77. The number of fused-ring (bicyclic) bond motifs is 1. The minimum atomic E-state index is -2.95. The maximum absolute atomic E-state index is 12.7. The highest BCUT2D eigenvalue weighted by atomic mass is 32.2. The van der Waals surface area contributed by atoms with Gasteiger partial charge in [0.1, 0.15) is 0 Å². The van der Waals surface area contributed by atoms with E-state index in [1.165, 1.54) is 24.6 Å². The molecule has 0 spiro atoms. The summed E-state index contributed by atoms with van der Waals surface area (Å²) in [7, 11) is -2.95. The molecule has 0 aromatic heterocycles. The van der Waals surface area contributed by atoms with Gasteiger partial charge >= 0.3 is 0 Å². The maximum atomic E-state index is 12.7. The number of rotatable bonds is 3. The zero-order valence-corrected chi connectivity index (χ0v) is 17.9. The first-order chi connectivity index (χ1) is 13.3. The fourth-order valence-electron chi connectivity index (χ4n) is 4.10. The molecule has 0 radical (unpaired) electrons. The van der Waals surface area contributed by atoms with Crippen molar-refractivity contribution in [1.29, 1.82) is 0 Å². The first kappa shape index (κ1) is 19.8. The number of hydrogen-bond acceptors (Lipinski definition) is 6. The van der Waals surface area contributed by atoms with Gasteiger partial charge in [0.25, 0.3) is 5.91 Å². The lowest BCUT2D eigenvalue weighted by atomic mass is 9.87. The minimum absolute atomic E-state index is 0.00739. The molecule has 1 aromatic carbocycles. The van der Waals surface area contributed by atoms with Gasteiger partial charge < -0.3 is 10.6 Å². The number of nitrogens with one attached hydrogen (secondary N) is 2. The molecule has 2 N–H and O–H groups in total. The third-order valence-electron chi connectivity index (χ3n) is 5.91. The van der Waals surface area contributed by atoms with Gasteiger partial charge in [-0.3, -0.25) is 9.79 Å². The van der Waals surface area contributed by atoms with Crippen LogP contribution in [0, 0.1) is 12.8 Å². The van der Waals surface area contributed by atoms with Crippen molar-refractivity contribution >= 4 is 38.4 Å². The van der Waals surface area contributed by atoms with E-state index in [4.69, 9.17) is 0 Å². The van der Waals surface area contributed by atoms with Crippen LogP contribution in [0.5, 0.6) is 0 Å². The number of carbonyl (C=O) groups excluding carboxylic acids is 1. The van der Waals surface area contributed by atoms with Crippen molar-refractivity contribution in [3.63, 3.8) is 0 Å². The Morgan fingerprint density at radius 1 is 1.18 bits per heavy atom. The lowest BCUT2D eigenvalue weighted by Crippen LogP contribution is -2.37. The lowest BCUT2D eigenvalue weighted by molar-refractivity contribution is 0.0923. The van der Waals surface area contributed by atoms with Gasteiger partial charge in [-0.05, 0) is 56.2 Å². The number of sulfone groups is 1. The number of anilines is 1. The number of amidine groups is 1. The van der Waals surface area contributed by atoms with Crippen molar-refractivity contribution < 1.29 is 13.2 Å². The number of carbonyl (C=O) groups is 1. The van der Waals surface area contributed by atoms with Gasteiger partial charge in [0.05, 0.1) is 17.5 Å². The molecule has 1 aliphatic carbocycles. The second-order valence-corrected chi connectivity index (χ2v) is 11.7. The van der Waals surface area contributed by atoms with E-state index in [0.717, 1.165) is 35.2 Å². The Balaban J connectivity index is 1.42. The minimum Gasteiger partial charge on any atom is -0.349 e. The molecule has 28 heavy (non-hydrogen) atoms. The first-order valence-corrected chi connectivity index (χ1v) is 12.6. The summed E-state index contributed by atoms with van der Waals surface area (Å²) >= 11 is 1.49. The monoisotopic (exact) mass is 421 g/mol. The summed E-state index contributed by atoms with van der Waals surface area (Å²) in [5, 5.41) is 7.23. The van der Waals surface area contributed by atoms with Crippen LogP contribution in [0.4, 0.5) is 5.69 Å². The van der Waals surface area contributed by atoms with E-state index < -0.39 is 9.84 Å². The SMILES string of the molecule is Cc1ccc(C(=O)NC2CCC(C)CC2)cc1NC1=N[C@@H]2CS(=O)(=O)C[C@H]2S1. The Morgan fingerprint density at radius 3 is 2.64 bits per heavy atom. The second kappa shape index (κ2) is 7.71. The van der Waals surface area contributed by atoms with Crippen LogP contribution >= 0.6 is 11.8 Å². The molecule has 8 heteroatoms. The average molecular weight is 422 g/mol. The van der Waals surface area contributed by atoms with Crippen molar-refractivity contribution in [2.45, 2.75) is 56.9 Å². The molecule has 3 aliphatic rings. The Hall–Kier alpha value is -1.54. The lowest BCUT2D eigenvalue weighted by Gasteiger charge is -2.27. The average Bonchev–Trinajstić information content (AvgIpc) is 3.11. The fraction of sp³-hybridized carbons (Fsp3) is 0.600. The topological polar surface area (TPSA) is 87.6 Å². The Bertz CT molecular complexity index is 905. The molecule has 4 rings (SSSR count). The maximum Gasteiger partial charge on any atom is 0.251 e. The van der Waals surface area contributed by atoms with Crippen molar-refractivity contribution in [3.05, 3.63) is 29.3 Å². The van der Waals surface area contributed by atoms with Crippen LogP contribution in [0.1, 0.15) is 48.5 Å². The van der Waals surface area contributed by atoms with E-state index in [9.17, 15) is 13.2 Å². The Labute approximate surface area is 170 Å². The van der Waals surface area contributed by atoms with Crippen LogP contribution in [-0.2, 0) is 9.84 Å². The Morgan fingerprint density at radius 2 is 1.93 bits per heavy atom. The van der Waals surface area contributed by atoms with Crippen molar-refractivity contribution in [2.24, 2.45) is 10.9 Å². The second-order valence-electron chi connectivity index (χ2n) is 8.32. The number of nitrogens with zero attached hydrogens (tertiary/aromatic N) is 1. The van der Waals surface area contributed by atoms with Crippen molar-refractivity contribution in [3.8, 4) is 0 Å². The molecule has 2 heterocycles. The predicted octanol–water partition coefficient (Wildman–Crippen LogP) is 2.98. The molecule has 2 aliphatic heterocycles. The van der Waals surface area contributed by atoms with E-state index in [0.29, 0.717) is 5.56 Å². The predicted molar refractivity (Wildman–Crippen MR) is 115 cm³/mol. The van der Waals surface area contributed by atoms with Crippen LogP contribution in [0.3, 0.4) is 0 Å². The van der Waals surface area contributed by atoms with E-state index in [1.807, 2.05) is 25.1 Å². The summed E-state index contributed by atoms with van der Waals surface area (Å²) in [5.74, 6) is 1.05. The number of amides is 1. The third-order valence-corrected chi connectivity index (χ3v) is 9.05. The Kier molecular flexibility index (Phi) is 5.44. The molecule has 0 bridgehead atoms. The number of hydrogen-bond donors (Lipinski definition) is 2. The quantitative estimate of drug-likeness (QED) is 0.783. The van der Waals surface area contributed by atoms with E-state index in [2.05, 4.69) is 22.5 Å². The molecule has 1 saturated carbocycles. The van der Waals surface area contributed by atoms with Crippen molar-refractivity contribution in [1.82, 2.24) is 5.32 Å². The number of aryl methyl sites for hydroxylation is 1. The van der Waals surface area contributed by atoms with Crippen LogP contribution in [0.2, 0.25) is 0 Å². The number of aliphatic imine (C=N–C) groups is 1. The van der Waals surface area contributed by atoms with Gasteiger partial charge in [-0.15, -0.1) is 0 Å². The summed E-state index contributed by atoms with van der Waals surface area (Å²) in [4.78, 5) is 17.2. The zero-order chi connectivity index (χ0) is 19.9. The summed E-state index contributed by atoms with van der Waals surface area (Å²) in [5.41, 5.74) is 2.51. The molecule has 152 valence electrons. The van der Waals surface area contributed by atoms with E-state index in [-0.39, 0.29) is 34.7 Å². The summed E-state index contributed by atoms with van der Waals surface area (Å²) in [6.45, 7) is 4.25.